The summed E-state index contributed by atoms with van der Waals surface area (Å²) in [6.45, 7) is 13.9. The number of pyridine rings is 2. The average Bonchev–Trinajstić information content (AvgIpc) is 3.55. The molecule has 0 unspecified atom stereocenters. The van der Waals surface area contributed by atoms with Crippen molar-refractivity contribution in [2.75, 3.05) is 34.5 Å². The van der Waals surface area contributed by atoms with Crippen LogP contribution in [0.15, 0.2) is 190 Å². The third-order valence-corrected chi connectivity index (χ3v) is 15.3. The number of carbonyl (C=O) groups is 2. The minimum absolute atomic E-state index is 0.252. The highest BCUT2D eigenvalue weighted by Gasteiger charge is 2.24. The first-order valence-corrected chi connectivity index (χ1v) is 29.6. The van der Waals surface area contributed by atoms with Crippen molar-refractivity contribution in [3.05, 3.63) is 244 Å². The molecule has 6 N–H and O–H groups in total. The molecule has 0 saturated carbocycles. The van der Waals surface area contributed by atoms with Crippen molar-refractivity contribution >= 4 is 68.9 Å². The fourth-order valence-corrected chi connectivity index (χ4v) is 10.4. The highest BCUT2D eigenvalue weighted by Crippen LogP contribution is 2.33. The smallest absolute Gasteiger partial charge is 0.338 e. The van der Waals surface area contributed by atoms with Crippen molar-refractivity contribution in [3.63, 3.8) is 0 Å². The lowest BCUT2D eigenvalue weighted by molar-refractivity contribution is 0.261. The van der Waals surface area contributed by atoms with Gasteiger partial charge >= 0.3 is 33.2 Å². The number of aromatic nitrogens is 10. The number of rotatable bonds is 18. The van der Waals surface area contributed by atoms with Crippen LogP contribution < -0.4 is 51.9 Å². The number of hydrogen-bond acceptors (Lipinski definition) is 14. The van der Waals surface area contributed by atoms with Crippen molar-refractivity contribution in [1.29, 1.82) is 0 Å². The van der Waals surface area contributed by atoms with Crippen LogP contribution in [0.3, 0.4) is 0 Å². The van der Waals surface area contributed by atoms with E-state index in [-0.39, 0.29) is 23.9 Å². The van der Waals surface area contributed by atoms with Crippen molar-refractivity contribution in [3.8, 4) is 22.9 Å². The Morgan fingerprint density at radius 1 is 0.511 bits per heavy atom. The van der Waals surface area contributed by atoms with Gasteiger partial charge in [0.15, 0.2) is 0 Å². The zero-order chi connectivity index (χ0) is 62.0. The molecule has 11 rings (SSSR count). The highest BCUT2D eigenvalue weighted by molar-refractivity contribution is 7.03. The van der Waals surface area contributed by atoms with E-state index in [0.717, 1.165) is 97.4 Å². The van der Waals surface area contributed by atoms with E-state index in [0.29, 0.717) is 42.0 Å². The number of nitrogens with zero attached hydrogens (tertiary/aromatic N) is 8. The van der Waals surface area contributed by atoms with Crippen LogP contribution in [0.25, 0.3) is 22.1 Å². The second-order valence-electron chi connectivity index (χ2n) is 22.4. The third kappa shape index (κ3) is 15.7. The van der Waals surface area contributed by atoms with Crippen LogP contribution in [0.4, 0.5) is 32.6 Å². The summed E-state index contributed by atoms with van der Waals surface area (Å²) in [4.78, 5) is 85.1. The number of amides is 4. The minimum atomic E-state index is -0.436. The molecule has 0 saturated heterocycles. The lowest BCUT2D eigenvalue weighted by atomic mass is 9.92. The van der Waals surface area contributed by atoms with Gasteiger partial charge in [0.25, 0.3) is 0 Å². The Kier molecular flexibility index (Phi) is 18.5. The van der Waals surface area contributed by atoms with Gasteiger partial charge in [-0.1, -0.05) is 102 Å². The summed E-state index contributed by atoms with van der Waals surface area (Å²) in [5, 5.41) is 23.1. The molecule has 11 aromatic rings. The molecule has 0 radical (unpaired) electrons. The molecule has 0 bridgehead atoms. The number of carbonyl (C=O) groups excluding carboxylic acids is 2. The molecule has 0 spiro atoms. The quantitative estimate of drug-likeness (QED) is 0.0468. The van der Waals surface area contributed by atoms with Crippen molar-refractivity contribution in [2.24, 2.45) is 0 Å². The Hall–Kier alpha value is -10.5. The molecule has 450 valence electrons. The number of hydrogen-bond donors (Lipinski definition) is 6. The molecule has 24 heteroatoms. The van der Waals surface area contributed by atoms with Gasteiger partial charge in [0, 0.05) is 100 Å². The summed E-state index contributed by atoms with van der Waals surface area (Å²) in [5.41, 5.74) is 6.80. The number of H-pyrrole nitrogens is 2. The average molecular weight is 1220 g/mol. The summed E-state index contributed by atoms with van der Waals surface area (Å²) in [7, 11) is 0. The van der Waals surface area contributed by atoms with Crippen LogP contribution >= 0.6 is 23.1 Å². The third-order valence-electron chi connectivity index (χ3n) is 13.7. The molecule has 4 amide bonds. The van der Waals surface area contributed by atoms with Crippen LogP contribution in [-0.2, 0) is 36.8 Å². The Balaban J connectivity index is 0.000000195. The second kappa shape index (κ2) is 26.9. The zero-order valence-electron chi connectivity index (χ0n) is 49.1. The van der Waals surface area contributed by atoms with E-state index in [1.807, 2.05) is 167 Å². The largest absolute Gasteiger partial charge is 0.493 e. The Morgan fingerprint density at radius 3 is 1.44 bits per heavy atom. The predicted molar refractivity (Wildman–Crippen MR) is 344 cm³/mol. The Bertz CT molecular complexity index is 4440. The first-order chi connectivity index (χ1) is 42.3. The molecule has 6 heterocycles. The predicted octanol–water partition coefficient (Wildman–Crippen LogP) is 10.7. The van der Waals surface area contributed by atoms with Gasteiger partial charge in [-0.25, -0.2) is 36.5 Å². The standard InChI is InChI=1S/C34H33N7O4S.C30H31N7O4S/c1-34(2,3)29-19-30(41(39-29)24-12-10-23(11-13-24)21-40-32(43)38-33(44)46-40)37-31(42)36-27-14-15-28(26-9-5-4-8-25(26)27)45-18-16-22-7-6-17-35-20-22;1-30(2,3)25-17-26(37(35-25)23-10-6-21(7-11-23)19-36-28(39)34-29(40)42-36)33-27(38)32-22-8-12-24(13-9-22)41-16-14-20-5-4-15-31-18-20/h4-15,17,19-20H,16,18,21H2,1-3H3,(H2,36,37,42)(H,38,43,44);4-13,15,17-18H,14,16,19H2,1-3H3,(H2,32,33,38)(H,34,39,40). The van der Waals surface area contributed by atoms with Gasteiger partial charge < -0.3 is 20.1 Å². The van der Waals surface area contributed by atoms with Crippen LogP contribution in [0, 0.1) is 0 Å². The molecule has 0 aliphatic rings. The van der Waals surface area contributed by atoms with Gasteiger partial charge in [0.05, 0.1) is 54.8 Å². The van der Waals surface area contributed by atoms with Crippen LogP contribution in [-0.4, -0.2) is 72.7 Å². The van der Waals surface area contributed by atoms with E-state index >= 15 is 0 Å². The van der Waals surface area contributed by atoms with Crippen LogP contribution in [0.5, 0.6) is 11.5 Å². The molecule has 0 aliphatic heterocycles. The molecule has 22 nitrogen and oxygen atoms in total. The summed E-state index contributed by atoms with van der Waals surface area (Å²) in [6.07, 6.45) is 8.62. The molecule has 5 aromatic carbocycles. The van der Waals surface area contributed by atoms with Crippen molar-refractivity contribution in [2.45, 2.75) is 78.3 Å². The van der Waals surface area contributed by atoms with Crippen LogP contribution in [0.2, 0.25) is 0 Å². The molecular weight excluding hydrogens is 1160 g/mol. The van der Waals surface area contributed by atoms with Crippen molar-refractivity contribution < 1.29 is 19.1 Å². The molecule has 0 fully saturated rings. The van der Waals surface area contributed by atoms with E-state index in [4.69, 9.17) is 19.7 Å². The van der Waals surface area contributed by atoms with Gasteiger partial charge in [0.1, 0.15) is 23.1 Å². The van der Waals surface area contributed by atoms with Crippen molar-refractivity contribution in [1.82, 2.24) is 47.4 Å². The second-order valence-corrected chi connectivity index (χ2v) is 24.4. The maximum atomic E-state index is 13.4. The molecule has 0 aliphatic carbocycles. The summed E-state index contributed by atoms with van der Waals surface area (Å²) < 4.78 is 18.0. The lowest BCUT2D eigenvalue weighted by Gasteiger charge is -2.14. The lowest BCUT2D eigenvalue weighted by Crippen LogP contribution is -2.21. The maximum Gasteiger partial charge on any atom is 0.338 e. The van der Waals surface area contributed by atoms with Gasteiger partial charge in [-0.15, -0.1) is 0 Å². The number of aromatic amines is 2. The molecule has 88 heavy (non-hydrogen) atoms. The van der Waals surface area contributed by atoms with E-state index in [1.54, 1.807) is 33.9 Å². The van der Waals surface area contributed by atoms with E-state index in [2.05, 4.69) is 62.0 Å². The van der Waals surface area contributed by atoms with E-state index in [1.165, 1.54) is 7.91 Å². The van der Waals surface area contributed by atoms with Gasteiger partial charge in [0.2, 0.25) is 0 Å². The Morgan fingerprint density at radius 2 is 0.989 bits per heavy atom. The maximum absolute atomic E-state index is 13.4. The SMILES string of the molecule is CC(C)(C)c1cc(NC(=O)Nc2ccc(OCCc3cccnc3)c3ccccc23)n(-c2ccc(Cn3sc(=O)[nH]c3=O)cc2)n1.CC(C)(C)c1cc(NC(=O)Nc2ccc(OCCc3cccnc3)cc2)n(-c2ccc(Cn3sc(=O)[nH]c3=O)cc2)n1. The Labute approximate surface area is 512 Å². The normalized spacial score (nSPS) is 11.4. The molecule has 6 aromatic heterocycles. The summed E-state index contributed by atoms with van der Waals surface area (Å²) >= 11 is 1.68. The number of benzene rings is 5. The zero-order valence-corrected chi connectivity index (χ0v) is 50.7. The number of ether oxygens (including phenoxy) is 2. The van der Waals surface area contributed by atoms with Gasteiger partial charge in [-0.05, 0) is 95.1 Å². The first-order valence-electron chi connectivity index (χ1n) is 28.1. The van der Waals surface area contributed by atoms with Gasteiger partial charge in [-0.3, -0.25) is 40.2 Å². The number of fused-ring (bicyclic) bond motifs is 1. The monoisotopic (exact) mass is 1220 g/mol. The van der Waals surface area contributed by atoms with Crippen LogP contribution in [0.1, 0.15) is 75.2 Å². The topological polar surface area (TPSA) is 272 Å². The van der Waals surface area contributed by atoms with E-state index < -0.39 is 33.2 Å². The summed E-state index contributed by atoms with van der Waals surface area (Å²) in [5.74, 6) is 2.43. The minimum Gasteiger partial charge on any atom is -0.493 e. The van der Waals surface area contributed by atoms with E-state index in [9.17, 15) is 28.8 Å². The number of nitrogens with one attached hydrogen (secondary N) is 6. The highest BCUT2D eigenvalue weighted by atomic mass is 32.1. The fraction of sp³-hybridized carbons (Fsp3) is 0.219. The summed E-state index contributed by atoms with van der Waals surface area (Å²) in [6, 6.07) is 44.2. The molecule has 0 atom stereocenters. The first kappa shape index (κ1) is 60.7. The molecular formula is C64H64N14O8S2. The van der Waals surface area contributed by atoms with Gasteiger partial charge in [-0.2, -0.15) is 10.2 Å². The fourth-order valence-electron chi connectivity index (χ4n) is 9.07. The number of anilines is 4. The number of urea groups is 2.